The van der Waals surface area contributed by atoms with Crippen LogP contribution in [-0.4, -0.2) is 29.6 Å². The minimum Gasteiger partial charge on any atom is -0.493 e. The predicted octanol–water partition coefficient (Wildman–Crippen LogP) is 3.80. The van der Waals surface area contributed by atoms with Crippen LogP contribution in [0.1, 0.15) is 17.3 Å². The maximum absolute atomic E-state index is 12.4. The maximum atomic E-state index is 12.4. The molecule has 1 aromatic heterocycles. The number of hydrogen-bond acceptors (Lipinski definition) is 5. The number of nitrogens with one attached hydrogen (secondary N) is 1. The van der Waals surface area contributed by atoms with Crippen LogP contribution < -0.4 is 14.8 Å². The number of methoxy groups -OCH3 is 1. The summed E-state index contributed by atoms with van der Waals surface area (Å²) in [6.07, 6.45) is 3.16. The summed E-state index contributed by atoms with van der Waals surface area (Å²) in [6.45, 7) is 2.41. The van der Waals surface area contributed by atoms with Crippen LogP contribution in [0.3, 0.4) is 0 Å². The second-order valence-electron chi connectivity index (χ2n) is 5.41. The Kier molecular flexibility index (Phi) is 5.43. The Labute approximate surface area is 151 Å². The highest BCUT2D eigenvalue weighted by Crippen LogP contribution is 2.28. The van der Waals surface area contributed by atoms with E-state index in [1.807, 2.05) is 37.3 Å². The van der Waals surface area contributed by atoms with E-state index >= 15 is 0 Å². The number of carbonyl (C=O) groups is 1. The fourth-order valence-corrected chi connectivity index (χ4v) is 2.42. The summed E-state index contributed by atoms with van der Waals surface area (Å²) in [4.78, 5) is 21.0. The molecule has 0 atom stereocenters. The van der Waals surface area contributed by atoms with E-state index in [0.717, 1.165) is 5.56 Å². The molecule has 0 radical (unpaired) electrons. The van der Waals surface area contributed by atoms with Gasteiger partial charge in [0.15, 0.2) is 17.3 Å². The molecule has 26 heavy (non-hydrogen) atoms. The van der Waals surface area contributed by atoms with Gasteiger partial charge in [-0.1, -0.05) is 30.3 Å². The largest absolute Gasteiger partial charge is 0.493 e. The van der Waals surface area contributed by atoms with Gasteiger partial charge in [0.2, 0.25) is 0 Å². The van der Waals surface area contributed by atoms with E-state index in [1.165, 1.54) is 7.11 Å². The summed E-state index contributed by atoms with van der Waals surface area (Å²) in [5.74, 6) is 1.44. The van der Waals surface area contributed by atoms with E-state index in [9.17, 15) is 4.79 Å². The third-order valence-corrected chi connectivity index (χ3v) is 3.67. The average molecular weight is 349 g/mol. The number of benzene rings is 2. The quantitative estimate of drug-likeness (QED) is 0.733. The fraction of sp³-hybridized carbons (Fsp3) is 0.150. The van der Waals surface area contributed by atoms with Crippen molar-refractivity contribution in [3.63, 3.8) is 0 Å². The number of rotatable bonds is 6. The van der Waals surface area contributed by atoms with Gasteiger partial charge in [0.25, 0.3) is 5.91 Å². The molecule has 6 heteroatoms. The third kappa shape index (κ3) is 3.97. The lowest BCUT2D eigenvalue weighted by molar-refractivity contribution is 0.102. The molecule has 1 N–H and O–H groups in total. The SMILES string of the molecule is CCOc1ccc(C(=O)Nc2cnc(-c3ccccc3)nc2)cc1OC. The molecule has 3 rings (SSSR count). The number of hydrogen-bond donors (Lipinski definition) is 1. The lowest BCUT2D eigenvalue weighted by Gasteiger charge is -2.11. The summed E-state index contributed by atoms with van der Waals surface area (Å²) in [7, 11) is 1.54. The molecule has 3 aromatic rings. The molecule has 0 aliphatic rings. The minimum atomic E-state index is -0.276. The lowest BCUT2D eigenvalue weighted by atomic mass is 10.2. The molecule has 0 aliphatic carbocycles. The molecule has 0 fully saturated rings. The van der Waals surface area contributed by atoms with E-state index in [1.54, 1.807) is 30.6 Å². The molecular weight excluding hydrogens is 330 g/mol. The zero-order valence-corrected chi connectivity index (χ0v) is 14.6. The zero-order valence-electron chi connectivity index (χ0n) is 14.6. The van der Waals surface area contributed by atoms with Crippen molar-refractivity contribution >= 4 is 11.6 Å². The van der Waals surface area contributed by atoms with Crippen molar-refractivity contribution in [2.24, 2.45) is 0 Å². The van der Waals surface area contributed by atoms with Crippen molar-refractivity contribution in [2.45, 2.75) is 6.92 Å². The molecule has 0 bridgehead atoms. The van der Waals surface area contributed by atoms with Gasteiger partial charge >= 0.3 is 0 Å². The first-order chi connectivity index (χ1) is 12.7. The van der Waals surface area contributed by atoms with E-state index in [4.69, 9.17) is 9.47 Å². The van der Waals surface area contributed by atoms with Gasteiger partial charge in [0.05, 0.1) is 31.8 Å². The number of nitrogens with zero attached hydrogens (tertiary/aromatic N) is 2. The normalized spacial score (nSPS) is 10.2. The first kappa shape index (κ1) is 17.4. The molecule has 132 valence electrons. The number of anilines is 1. The molecule has 0 saturated carbocycles. The van der Waals surface area contributed by atoms with Gasteiger partial charge in [0, 0.05) is 11.1 Å². The van der Waals surface area contributed by atoms with Crippen molar-refractivity contribution in [1.82, 2.24) is 9.97 Å². The molecule has 6 nitrogen and oxygen atoms in total. The molecule has 0 saturated heterocycles. The number of amides is 1. The Morgan fingerprint density at radius 2 is 1.77 bits per heavy atom. The van der Waals surface area contributed by atoms with E-state index < -0.39 is 0 Å². The van der Waals surface area contributed by atoms with Gasteiger partial charge in [-0.25, -0.2) is 9.97 Å². The van der Waals surface area contributed by atoms with Crippen LogP contribution in [0, 0.1) is 0 Å². The van der Waals surface area contributed by atoms with Crippen molar-refractivity contribution in [3.8, 4) is 22.9 Å². The van der Waals surface area contributed by atoms with Crippen LogP contribution in [0.25, 0.3) is 11.4 Å². The van der Waals surface area contributed by atoms with Crippen LogP contribution in [0.4, 0.5) is 5.69 Å². The second-order valence-corrected chi connectivity index (χ2v) is 5.41. The Morgan fingerprint density at radius 3 is 2.42 bits per heavy atom. The van der Waals surface area contributed by atoms with E-state index in [2.05, 4.69) is 15.3 Å². The van der Waals surface area contributed by atoms with Crippen LogP contribution in [0.5, 0.6) is 11.5 Å². The summed E-state index contributed by atoms with van der Waals surface area (Å²) >= 11 is 0. The number of aromatic nitrogens is 2. The minimum absolute atomic E-state index is 0.276. The molecule has 1 heterocycles. The zero-order chi connectivity index (χ0) is 18.4. The van der Waals surface area contributed by atoms with Gasteiger partial charge < -0.3 is 14.8 Å². The van der Waals surface area contributed by atoms with Crippen molar-refractivity contribution in [3.05, 3.63) is 66.5 Å². The Balaban J connectivity index is 1.73. The second kappa shape index (κ2) is 8.11. The summed E-state index contributed by atoms with van der Waals surface area (Å²) in [5.41, 5.74) is 1.89. The first-order valence-electron chi connectivity index (χ1n) is 8.21. The summed E-state index contributed by atoms with van der Waals surface area (Å²) in [5, 5.41) is 2.78. The first-order valence-corrected chi connectivity index (χ1v) is 8.21. The lowest BCUT2D eigenvalue weighted by Crippen LogP contribution is -2.12. The van der Waals surface area contributed by atoms with Crippen LogP contribution in [0.2, 0.25) is 0 Å². The number of carbonyl (C=O) groups excluding carboxylic acids is 1. The fourth-order valence-electron chi connectivity index (χ4n) is 2.42. The van der Waals surface area contributed by atoms with Gasteiger partial charge in [-0.3, -0.25) is 4.79 Å². The van der Waals surface area contributed by atoms with Crippen LogP contribution >= 0.6 is 0 Å². The van der Waals surface area contributed by atoms with E-state index in [0.29, 0.717) is 35.2 Å². The maximum Gasteiger partial charge on any atom is 0.255 e. The third-order valence-electron chi connectivity index (χ3n) is 3.67. The van der Waals surface area contributed by atoms with Crippen molar-refractivity contribution in [2.75, 3.05) is 19.0 Å². The van der Waals surface area contributed by atoms with Crippen LogP contribution in [0.15, 0.2) is 60.9 Å². The van der Waals surface area contributed by atoms with E-state index in [-0.39, 0.29) is 5.91 Å². The molecule has 0 unspecified atom stereocenters. The Hall–Kier alpha value is -3.41. The topological polar surface area (TPSA) is 73.3 Å². The Morgan fingerprint density at radius 1 is 1.04 bits per heavy atom. The smallest absolute Gasteiger partial charge is 0.255 e. The monoisotopic (exact) mass is 349 g/mol. The summed E-state index contributed by atoms with van der Waals surface area (Å²) in [6, 6.07) is 14.7. The predicted molar refractivity (Wildman–Crippen MR) is 99.6 cm³/mol. The highest BCUT2D eigenvalue weighted by molar-refractivity contribution is 6.04. The summed E-state index contributed by atoms with van der Waals surface area (Å²) < 4.78 is 10.7. The van der Waals surface area contributed by atoms with Gasteiger partial charge in [-0.15, -0.1) is 0 Å². The highest BCUT2D eigenvalue weighted by atomic mass is 16.5. The standard InChI is InChI=1S/C20H19N3O3/c1-3-26-17-10-9-15(11-18(17)25-2)20(24)23-16-12-21-19(22-13-16)14-7-5-4-6-8-14/h4-13H,3H2,1-2H3,(H,23,24). The molecule has 2 aromatic carbocycles. The highest BCUT2D eigenvalue weighted by Gasteiger charge is 2.12. The van der Waals surface area contributed by atoms with Gasteiger partial charge in [-0.05, 0) is 25.1 Å². The van der Waals surface area contributed by atoms with Gasteiger partial charge in [0.1, 0.15) is 0 Å². The molecular formula is C20H19N3O3. The Bertz CT molecular complexity index is 881. The van der Waals surface area contributed by atoms with Crippen molar-refractivity contribution < 1.29 is 14.3 Å². The average Bonchev–Trinajstić information content (AvgIpc) is 2.69. The van der Waals surface area contributed by atoms with Gasteiger partial charge in [-0.2, -0.15) is 0 Å². The molecule has 1 amide bonds. The molecule has 0 aliphatic heterocycles. The molecule has 0 spiro atoms. The number of ether oxygens (including phenoxy) is 2. The van der Waals surface area contributed by atoms with Crippen LogP contribution in [-0.2, 0) is 0 Å². The van der Waals surface area contributed by atoms with Crippen molar-refractivity contribution in [1.29, 1.82) is 0 Å².